The number of rotatable bonds is 0. The highest BCUT2D eigenvalue weighted by Gasteiger charge is 2.58. The van der Waals surface area contributed by atoms with Crippen molar-refractivity contribution in [3.63, 3.8) is 0 Å². The lowest BCUT2D eigenvalue weighted by Gasteiger charge is -2.32. The number of nitrogens with two attached hydrogens (primary N) is 1. The van der Waals surface area contributed by atoms with Crippen LogP contribution < -0.4 is 21.4 Å². The normalized spacial score (nSPS) is 19.8. The van der Waals surface area contributed by atoms with E-state index in [1.54, 1.807) is 42.5 Å². The van der Waals surface area contributed by atoms with E-state index in [9.17, 15) is 14.9 Å². The molecule has 3 aromatic rings. The Morgan fingerprint density at radius 1 is 1.18 bits per heavy atom. The molecule has 0 aliphatic carbocycles. The second-order valence-electron chi connectivity index (χ2n) is 6.44. The van der Waals surface area contributed by atoms with E-state index in [1.807, 2.05) is 6.07 Å². The van der Waals surface area contributed by atoms with Gasteiger partial charge in [-0.25, -0.2) is 4.79 Å². The van der Waals surface area contributed by atoms with E-state index in [1.165, 1.54) is 0 Å². The van der Waals surface area contributed by atoms with Crippen molar-refractivity contribution >= 4 is 38.5 Å². The number of hydrogen-bond acceptors (Lipinski definition) is 6. The van der Waals surface area contributed by atoms with Gasteiger partial charge < -0.3 is 20.2 Å². The molecule has 136 valence electrons. The van der Waals surface area contributed by atoms with Gasteiger partial charge in [0.15, 0.2) is 11.2 Å². The fraction of sp³-hybridized carbons (Fsp3) is 0.0500. The summed E-state index contributed by atoms with van der Waals surface area (Å²) in [5, 5.41) is 13.1. The van der Waals surface area contributed by atoms with Crippen LogP contribution in [0.2, 0.25) is 0 Å². The second-order valence-corrected chi connectivity index (χ2v) is 7.35. The first kappa shape index (κ1) is 16.6. The van der Waals surface area contributed by atoms with Gasteiger partial charge in [-0.2, -0.15) is 5.26 Å². The van der Waals surface area contributed by atoms with Gasteiger partial charge in [0.2, 0.25) is 11.8 Å². The maximum absolute atomic E-state index is 13.3. The summed E-state index contributed by atoms with van der Waals surface area (Å²) in [5.74, 6) is -0.674. The summed E-state index contributed by atoms with van der Waals surface area (Å²) in [6, 6.07) is 13.9. The van der Waals surface area contributed by atoms with Crippen LogP contribution in [0.3, 0.4) is 0 Å². The molecule has 0 radical (unpaired) electrons. The molecule has 2 aliphatic heterocycles. The van der Waals surface area contributed by atoms with Crippen LogP contribution in [0, 0.1) is 11.3 Å². The monoisotopic (exact) mass is 435 g/mol. The third-order valence-corrected chi connectivity index (χ3v) is 5.55. The maximum Gasteiger partial charge on any atom is 0.345 e. The Labute approximate surface area is 166 Å². The molecule has 1 aromatic heterocycles. The number of halogens is 1. The van der Waals surface area contributed by atoms with Crippen molar-refractivity contribution in [2.45, 2.75) is 5.41 Å². The first-order valence-electron chi connectivity index (χ1n) is 8.24. The predicted octanol–water partition coefficient (Wildman–Crippen LogP) is 2.88. The number of hydrogen-bond donors (Lipinski definition) is 2. The van der Waals surface area contributed by atoms with Crippen LogP contribution in [0.25, 0.3) is 11.0 Å². The lowest BCUT2D eigenvalue weighted by Crippen LogP contribution is -2.45. The summed E-state index contributed by atoms with van der Waals surface area (Å²) in [7, 11) is 0. The molecule has 5 rings (SSSR count). The quantitative estimate of drug-likeness (QED) is 0.524. The van der Waals surface area contributed by atoms with E-state index in [4.69, 9.17) is 14.9 Å². The minimum atomic E-state index is -1.75. The van der Waals surface area contributed by atoms with E-state index >= 15 is 0 Å². The summed E-state index contributed by atoms with van der Waals surface area (Å²) in [5.41, 5.74) is 4.53. The van der Waals surface area contributed by atoms with Crippen molar-refractivity contribution in [2.75, 3.05) is 5.32 Å². The van der Waals surface area contributed by atoms with Crippen LogP contribution in [-0.4, -0.2) is 5.91 Å². The summed E-state index contributed by atoms with van der Waals surface area (Å²) in [4.78, 5) is 26.3. The van der Waals surface area contributed by atoms with Gasteiger partial charge in [-0.15, -0.1) is 0 Å². The van der Waals surface area contributed by atoms with Gasteiger partial charge in [-0.3, -0.25) is 4.79 Å². The largest absolute Gasteiger partial charge is 0.439 e. The fourth-order valence-corrected chi connectivity index (χ4v) is 4.29. The molecule has 7 nitrogen and oxygen atoms in total. The molecule has 1 atom stereocenters. The van der Waals surface area contributed by atoms with Gasteiger partial charge in [0.05, 0.1) is 5.39 Å². The van der Waals surface area contributed by atoms with Crippen molar-refractivity contribution in [1.82, 2.24) is 0 Å². The molecular formula is C20H10BrN3O4. The van der Waals surface area contributed by atoms with Crippen molar-refractivity contribution in [1.29, 1.82) is 5.26 Å². The Balaban J connectivity index is 2.03. The molecule has 8 heteroatoms. The molecule has 3 heterocycles. The molecule has 28 heavy (non-hydrogen) atoms. The number of ether oxygens (including phenoxy) is 1. The molecule has 2 aromatic carbocycles. The smallest absolute Gasteiger partial charge is 0.345 e. The summed E-state index contributed by atoms with van der Waals surface area (Å²) < 4.78 is 11.8. The average molecular weight is 436 g/mol. The number of nitrogens with one attached hydrogen (secondary N) is 1. The van der Waals surface area contributed by atoms with Gasteiger partial charge in [0.1, 0.15) is 22.8 Å². The van der Waals surface area contributed by atoms with Crippen molar-refractivity contribution in [3.05, 3.63) is 79.9 Å². The fourth-order valence-electron chi connectivity index (χ4n) is 3.93. The highest BCUT2D eigenvalue weighted by Crippen LogP contribution is 2.53. The molecule has 2 aliphatic rings. The average Bonchev–Trinajstić information content (AvgIpc) is 2.94. The molecule has 1 amide bonds. The van der Waals surface area contributed by atoms with E-state index in [2.05, 4.69) is 21.2 Å². The van der Waals surface area contributed by atoms with Gasteiger partial charge in [0.25, 0.3) is 0 Å². The molecule has 0 fully saturated rings. The van der Waals surface area contributed by atoms with E-state index < -0.39 is 16.9 Å². The van der Waals surface area contributed by atoms with Crippen molar-refractivity contribution in [3.8, 4) is 11.8 Å². The molecule has 0 unspecified atom stereocenters. The standard InChI is InChI=1S/C20H10BrN3O4/c21-9-5-6-13-11(7-9)20(19(26)24-13)12(8-22)17(23)28-16-10-3-1-2-4-14(10)27-18(25)15(16)20/h1-7H,23H2,(H,24,26)/t20-/m1/s1. The number of fused-ring (bicyclic) bond motifs is 6. The van der Waals surface area contributed by atoms with Crippen molar-refractivity contribution in [2.24, 2.45) is 5.73 Å². The van der Waals surface area contributed by atoms with Crippen molar-refractivity contribution < 1.29 is 13.9 Å². The van der Waals surface area contributed by atoms with Crippen LogP contribution in [0.4, 0.5) is 5.69 Å². The Bertz CT molecular complexity index is 1350. The van der Waals surface area contributed by atoms with Crippen LogP contribution in [-0.2, 0) is 10.2 Å². The van der Waals surface area contributed by atoms with Crippen LogP contribution in [0.1, 0.15) is 11.1 Å². The Morgan fingerprint density at radius 3 is 2.75 bits per heavy atom. The zero-order chi connectivity index (χ0) is 19.6. The molecule has 3 N–H and O–H groups in total. The number of carbonyl (C=O) groups is 1. The van der Waals surface area contributed by atoms with E-state index in [0.717, 1.165) is 0 Å². The first-order chi connectivity index (χ1) is 13.5. The van der Waals surface area contributed by atoms with E-state index in [0.29, 0.717) is 26.7 Å². The van der Waals surface area contributed by atoms with Crippen LogP contribution in [0.15, 0.2) is 67.6 Å². The van der Waals surface area contributed by atoms with Crippen LogP contribution >= 0.6 is 15.9 Å². The zero-order valence-electron chi connectivity index (χ0n) is 14.1. The maximum atomic E-state index is 13.3. The van der Waals surface area contributed by atoms with Crippen LogP contribution in [0.5, 0.6) is 5.75 Å². The highest BCUT2D eigenvalue weighted by molar-refractivity contribution is 9.10. The topological polar surface area (TPSA) is 118 Å². The van der Waals surface area contributed by atoms with Gasteiger partial charge in [-0.05, 0) is 30.3 Å². The number of nitriles is 1. The second kappa shape index (κ2) is 5.47. The lowest BCUT2D eigenvalue weighted by molar-refractivity contribution is -0.118. The van der Waals surface area contributed by atoms with Gasteiger partial charge in [-0.1, -0.05) is 28.1 Å². The molecule has 1 spiro atoms. The number of carbonyl (C=O) groups excluding carboxylic acids is 1. The number of benzene rings is 2. The Kier molecular flexibility index (Phi) is 3.24. The third-order valence-electron chi connectivity index (χ3n) is 5.06. The minimum Gasteiger partial charge on any atom is -0.439 e. The molecule has 0 saturated heterocycles. The number of nitrogens with zero attached hydrogens (tertiary/aromatic N) is 1. The molecule has 0 bridgehead atoms. The van der Waals surface area contributed by atoms with E-state index in [-0.39, 0.29) is 22.8 Å². The summed E-state index contributed by atoms with van der Waals surface area (Å²) in [6.45, 7) is 0. The van der Waals surface area contributed by atoms with Gasteiger partial charge >= 0.3 is 5.63 Å². The molecule has 0 saturated carbocycles. The number of para-hydroxylation sites is 1. The SMILES string of the molecule is N#CC1=C(N)Oc2c(c(=O)oc3ccccc23)[C@]12C(=O)Nc1ccc(Br)cc12. The zero-order valence-corrected chi connectivity index (χ0v) is 15.7. The third kappa shape index (κ3) is 1.86. The predicted molar refractivity (Wildman–Crippen MR) is 103 cm³/mol. The summed E-state index contributed by atoms with van der Waals surface area (Å²) >= 11 is 3.39. The number of amides is 1. The number of anilines is 1. The molecular weight excluding hydrogens is 426 g/mol. The lowest BCUT2D eigenvalue weighted by atomic mass is 9.69. The highest BCUT2D eigenvalue weighted by atomic mass is 79.9. The minimum absolute atomic E-state index is 0.0636. The Morgan fingerprint density at radius 2 is 1.96 bits per heavy atom. The summed E-state index contributed by atoms with van der Waals surface area (Å²) in [6.07, 6.45) is 0. The first-order valence-corrected chi connectivity index (χ1v) is 9.03. The Hall–Kier alpha value is -3.57. The van der Waals surface area contributed by atoms with Gasteiger partial charge in [0, 0.05) is 15.7 Å².